The standard InChI is InChI=1S/C11H20ClNO2/c1-8(2)10(7-12)13-11(14)9-3-5-15-6-4-9/h8-10H,3-7H2,1-2H3,(H,13,14). The van der Waals surface area contributed by atoms with Crippen LogP contribution < -0.4 is 5.32 Å². The number of carbonyl (C=O) groups excluding carboxylic acids is 1. The van der Waals surface area contributed by atoms with E-state index in [4.69, 9.17) is 16.3 Å². The van der Waals surface area contributed by atoms with Gasteiger partial charge < -0.3 is 10.1 Å². The molecule has 1 atom stereocenters. The fourth-order valence-corrected chi connectivity index (χ4v) is 2.08. The minimum Gasteiger partial charge on any atom is -0.381 e. The van der Waals surface area contributed by atoms with E-state index < -0.39 is 0 Å². The van der Waals surface area contributed by atoms with Gasteiger partial charge in [0.2, 0.25) is 5.91 Å². The van der Waals surface area contributed by atoms with Crippen LogP contribution >= 0.6 is 11.6 Å². The molecule has 1 heterocycles. The van der Waals surface area contributed by atoms with E-state index in [-0.39, 0.29) is 17.9 Å². The molecule has 1 amide bonds. The predicted molar refractivity (Wildman–Crippen MR) is 61.0 cm³/mol. The number of carbonyl (C=O) groups is 1. The smallest absolute Gasteiger partial charge is 0.223 e. The fourth-order valence-electron chi connectivity index (χ4n) is 1.64. The second-order valence-corrected chi connectivity index (χ2v) is 4.71. The van der Waals surface area contributed by atoms with Crippen LogP contribution in [0.3, 0.4) is 0 Å². The molecule has 0 saturated carbocycles. The maximum atomic E-state index is 11.8. The molecule has 0 aromatic rings. The highest BCUT2D eigenvalue weighted by Gasteiger charge is 2.24. The van der Waals surface area contributed by atoms with E-state index in [9.17, 15) is 4.79 Å². The van der Waals surface area contributed by atoms with Crippen LogP contribution in [-0.4, -0.2) is 31.0 Å². The number of nitrogens with one attached hydrogen (secondary N) is 1. The maximum absolute atomic E-state index is 11.8. The quantitative estimate of drug-likeness (QED) is 0.752. The van der Waals surface area contributed by atoms with Crippen molar-refractivity contribution < 1.29 is 9.53 Å². The summed E-state index contributed by atoms with van der Waals surface area (Å²) in [6.07, 6.45) is 1.66. The normalized spacial score (nSPS) is 20.3. The Morgan fingerprint density at radius 2 is 2.07 bits per heavy atom. The SMILES string of the molecule is CC(C)C(CCl)NC(=O)C1CCOCC1. The molecule has 4 heteroatoms. The lowest BCUT2D eigenvalue weighted by molar-refractivity contribution is -0.128. The molecular weight excluding hydrogens is 214 g/mol. The lowest BCUT2D eigenvalue weighted by Crippen LogP contribution is -2.44. The second-order valence-electron chi connectivity index (χ2n) is 4.40. The van der Waals surface area contributed by atoms with E-state index >= 15 is 0 Å². The van der Waals surface area contributed by atoms with Gasteiger partial charge in [-0.2, -0.15) is 0 Å². The van der Waals surface area contributed by atoms with Crippen molar-refractivity contribution in [2.75, 3.05) is 19.1 Å². The van der Waals surface area contributed by atoms with Gasteiger partial charge in [0.25, 0.3) is 0 Å². The molecule has 1 fully saturated rings. The Morgan fingerprint density at radius 3 is 2.53 bits per heavy atom. The van der Waals surface area contributed by atoms with Crippen molar-refractivity contribution in [1.82, 2.24) is 5.32 Å². The van der Waals surface area contributed by atoms with Crippen LogP contribution in [-0.2, 0) is 9.53 Å². The molecule has 15 heavy (non-hydrogen) atoms. The third kappa shape index (κ3) is 3.99. The van der Waals surface area contributed by atoms with Gasteiger partial charge in [-0.25, -0.2) is 0 Å². The number of hydrogen-bond donors (Lipinski definition) is 1. The summed E-state index contributed by atoms with van der Waals surface area (Å²) in [6, 6.07) is 0.0852. The fraction of sp³-hybridized carbons (Fsp3) is 0.909. The number of rotatable bonds is 4. The lowest BCUT2D eigenvalue weighted by atomic mass is 9.98. The van der Waals surface area contributed by atoms with Gasteiger partial charge in [0.1, 0.15) is 0 Å². The summed E-state index contributed by atoms with van der Waals surface area (Å²) in [6.45, 7) is 5.53. The molecule has 0 radical (unpaired) electrons. The Morgan fingerprint density at radius 1 is 1.47 bits per heavy atom. The van der Waals surface area contributed by atoms with Gasteiger partial charge in [-0.1, -0.05) is 13.8 Å². The molecule has 88 valence electrons. The van der Waals surface area contributed by atoms with Crippen molar-refractivity contribution in [2.45, 2.75) is 32.7 Å². The van der Waals surface area contributed by atoms with E-state index in [1.807, 2.05) is 0 Å². The lowest BCUT2D eigenvalue weighted by Gasteiger charge is -2.25. The van der Waals surface area contributed by atoms with Crippen molar-refractivity contribution >= 4 is 17.5 Å². The molecule has 0 aliphatic carbocycles. The van der Waals surface area contributed by atoms with Gasteiger partial charge in [0, 0.05) is 31.1 Å². The molecule has 1 aliphatic heterocycles. The van der Waals surface area contributed by atoms with Crippen molar-refractivity contribution in [1.29, 1.82) is 0 Å². The number of halogens is 1. The monoisotopic (exact) mass is 233 g/mol. The van der Waals surface area contributed by atoms with E-state index in [1.54, 1.807) is 0 Å². The van der Waals surface area contributed by atoms with Crippen molar-refractivity contribution in [3.05, 3.63) is 0 Å². The summed E-state index contributed by atoms with van der Waals surface area (Å²) in [4.78, 5) is 11.8. The van der Waals surface area contributed by atoms with Crippen molar-refractivity contribution in [3.8, 4) is 0 Å². The van der Waals surface area contributed by atoms with E-state index in [0.29, 0.717) is 25.0 Å². The second kappa shape index (κ2) is 6.33. The molecule has 0 aromatic heterocycles. The third-order valence-electron chi connectivity index (χ3n) is 2.89. The topological polar surface area (TPSA) is 38.3 Å². The van der Waals surface area contributed by atoms with Crippen LogP contribution in [0.25, 0.3) is 0 Å². The Hall–Kier alpha value is -0.280. The number of hydrogen-bond acceptors (Lipinski definition) is 2. The molecule has 3 nitrogen and oxygen atoms in total. The van der Waals surface area contributed by atoms with Gasteiger partial charge in [0.05, 0.1) is 0 Å². The van der Waals surface area contributed by atoms with Gasteiger partial charge in [-0.05, 0) is 18.8 Å². The molecule has 1 N–H and O–H groups in total. The number of ether oxygens (including phenoxy) is 1. The number of amides is 1. The molecular formula is C11H20ClNO2. The first kappa shape index (κ1) is 12.8. The molecule has 1 unspecified atom stereocenters. The molecule has 1 saturated heterocycles. The van der Waals surface area contributed by atoms with Crippen molar-refractivity contribution in [3.63, 3.8) is 0 Å². The summed E-state index contributed by atoms with van der Waals surface area (Å²) < 4.78 is 5.22. The van der Waals surface area contributed by atoms with Crippen LogP contribution in [0.2, 0.25) is 0 Å². The molecule has 0 spiro atoms. The Balaban J connectivity index is 2.38. The Labute approximate surface area is 96.5 Å². The minimum atomic E-state index is 0.0852. The zero-order valence-electron chi connectivity index (χ0n) is 9.46. The number of alkyl halides is 1. The summed E-state index contributed by atoms with van der Waals surface area (Å²) in [5.74, 6) is 1.11. The zero-order chi connectivity index (χ0) is 11.3. The van der Waals surface area contributed by atoms with Gasteiger partial charge >= 0.3 is 0 Å². The van der Waals surface area contributed by atoms with Crippen LogP contribution in [0, 0.1) is 11.8 Å². The van der Waals surface area contributed by atoms with Crippen LogP contribution in [0.5, 0.6) is 0 Å². The summed E-state index contributed by atoms with van der Waals surface area (Å²) in [7, 11) is 0. The maximum Gasteiger partial charge on any atom is 0.223 e. The highest BCUT2D eigenvalue weighted by Crippen LogP contribution is 2.15. The largest absolute Gasteiger partial charge is 0.381 e. The van der Waals surface area contributed by atoms with Crippen molar-refractivity contribution in [2.24, 2.45) is 11.8 Å². The van der Waals surface area contributed by atoms with E-state index in [1.165, 1.54) is 0 Å². The molecule has 0 bridgehead atoms. The highest BCUT2D eigenvalue weighted by molar-refractivity contribution is 6.18. The van der Waals surface area contributed by atoms with E-state index in [2.05, 4.69) is 19.2 Å². The highest BCUT2D eigenvalue weighted by atomic mass is 35.5. The Bertz CT molecular complexity index is 203. The van der Waals surface area contributed by atoms with Gasteiger partial charge in [0.15, 0.2) is 0 Å². The van der Waals surface area contributed by atoms with Gasteiger partial charge in [-0.3, -0.25) is 4.79 Å². The minimum absolute atomic E-state index is 0.0852. The molecule has 1 rings (SSSR count). The summed E-state index contributed by atoms with van der Waals surface area (Å²) in [5, 5.41) is 3.01. The Kier molecular flexibility index (Phi) is 5.40. The van der Waals surface area contributed by atoms with Gasteiger partial charge in [-0.15, -0.1) is 11.6 Å². The predicted octanol–water partition coefficient (Wildman–Crippen LogP) is 1.79. The zero-order valence-corrected chi connectivity index (χ0v) is 10.2. The summed E-state index contributed by atoms with van der Waals surface area (Å²) >= 11 is 5.81. The molecule has 1 aliphatic rings. The average Bonchev–Trinajstić information content (AvgIpc) is 2.26. The summed E-state index contributed by atoms with van der Waals surface area (Å²) in [5.41, 5.74) is 0. The average molecular weight is 234 g/mol. The van der Waals surface area contributed by atoms with Crippen LogP contribution in [0.15, 0.2) is 0 Å². The molecule has 0 aromatic carbocycles. The van der Waals surface area contributed by atoms with Crippen LogP contribution in [0.1, 0.15) is 26.7 Å². The van der Waals surface area contributed by atoms with Crippen LogP contribution in [0.4, 0.5) is 0 Å². The first-order valence-electron chi connectivity index (χ1n) is 5.59. The van der Waals surface area contributed by atoms with E-state index in [0.717, 1.165) is 12.8 Å². The first-order chi connectivity index (χ1) is 7.15. The first-order valence-corrected chi connectivity index (χ1v) is 6.12. The third-order valence-corrected chi connectivity index (χ3v) is 3.22.